The number of carboxylic acid groups (broad SMARTS) is 1. The Balaban J connectivity index is 1.87. The third-order valence-electron chi connectivity index (χ3n) is 6.05. The Bertz CT molecular complexity index is 948. The van der Waals surface area contributed by atoms with E-state index in [4.69, 9.17) is 0 Å². The number of benzene rings is 2. The second kappa shape index (κ2) is 8.57. The molecule has 0 aromatic heterocycles. The van der Waals surface area contributed by atoms with Crippen LogP contribution in [-0.4, -0.2) is 36.8 Å². The highest BCUT2D eigenvalue weighted by molar-refractivity contribution is 5.91. The van der Waals surface area contributed by atoms with Crippen molar-refractivity contribution in [1.29, 1.82) is 5.26 Å². The van der Waals surface area contributed by atoms with Crippen LogP contribution in [0, 0.1) is 31.1 Å². The molecule has 2 aromatic rings. The van der Waals surface area contributed by atoms with Gasteiger partial charge in [-0.2, -0.15) is 5.26 Å². The van der Waals surface area contributed by atoms with E-state index in [1.54, 1.807) is 0 Å². The zero-order valence-corrected chi connectivity index (χ0v) is 17.6. The topological polar surface area (TPSA) is 67.6 Å². The minimum absolute atomic E-state index is 0.327. The predicted molar refractivity (Wildman–Crippen MR) is 117 cm³/mol. The van der Waals surface area contributed by atoms with Gasteiger partial charge >= 0.3 is 5.97 Å². The number of hydrogen-bond acceptors (Lipinski definition) is 4. The highest BCUT2D eigenvalue weighted by Gasteiger charge is 2.32. The minimum Gasteiger partial charge on any atom is -0.478 e. The van der Waals surface area contributed by atoms with Gasteiger partial charge in [-0.1, -0.05) is 25.1 Å². The molecule has 0 aliphatic carbocycles. The molecular weight excluding hydrogens is 362 g/mol. The van der Waals surface area contributed by atoms with Crippen LogP contribution in [0.4, 0.5) is 11.4 Å². The number of piperidine rings is 1. The lowest BCUT2D eigenvalue weighted by Gasteiger charge is -2.45. The molecular formula is C24H29N3O2. The van der Waals surface area contributed by atoms with Crippen LogP contribution < -0.4 is 9.80 Å². The van der Waals surface area contributed by atoms with E-state index in [2.05, 4.69) is 36.6 Å². The predicted octanol–water partition coefficient (Wildman–Crippen LogP) is 4.61. The normalized spacial score (nSPS) is 18.9. The lowest BCUT2D eigenvalue weighted by atomic mass is 9.90. The zero-order valence-electron chi connectivity index (χ0n) is 17.6. The van der Waals surface area contributed by atoms with Gasteiger partial charge in [-0.05, 0) is 62.4 Å². The van der Waals surface area contributed by atoms with E-state index in [1.807, 2.05) is 43.3 Å². The first-order chi connectivity index (χ1) is 13.9. The van der Waals surface area contributed by atoms with Crippen molar-refractivity contribution in [1.82, 2.24) is 0 Å². The number of carbonyl (C=O) groups is 1. The smallest absolute Gasteiger partial charge is 0.336 e. The summed E-state index contributed by atoms with van der Waals surface area (Å²) in [6.07, 6.45) is 0.963. The summed E-state index contributed by atoms with van der Waals surface area (Å²) in [5.41, 5.74) is 5.01. The van der Waals surface area contributed by atoms with Gasteiger partial charge in [0.25, 0.3) is 0 Å². The first-order valence-electron chi connectivity index (χ1n) is 10.2. The monoisotopic (exact) mass is 391 g/mol. The van der Waals surface area contributed by atoms with Gasteiger partial charge in [-0.3, -0.25) is 0 Å². The molecule has 29 heavy (non-hydrogen) atoms. The molecule has 0 saturated carbocycles. The maximum absolute atomic E-state index is 11.6. The molecule has 1 saturated heterocycles. The van der Waals surface area contributed by atoms with Crippen molar-refractivity contribution in [2.75, 3.05) is 29.4 Å². The van der Waals surface area contributed by atoms with Gasteiger partial charge in [-0.15, -0.1) is 0 Å². The van der Waals surface area contributed by atoms with E-state index in [0.29, 0.717) is 23.1 Å². The van der Waals surface area contributed by atoms with E-state index in [-0.39, 0.29) is 0 Å². The van der Waals surface area contributed by atoms with Gasteiger partial charge < -0.3 is 14.9 Å². The number of aromatic carboxylic acids is 1. The average molecular weight is 392 g/mol. The highest BCUT2D eigenvalue weighted by Crippen LogP contribution is 2.33. The molecule has 2 unspecified atom stereocenters. The van der Waals surface area contributed by atoms with Gasteiger partial charge in [0.05, 0.1) is 16.8 Å². The Morgan fingerprint density at radius 3 is 2.62 bits per heavy atom. The van der Waals surface area contributed by atoms with E-state index >= 15 is 0 Å². The molecule has 0 amide bonds. The van der Waals surface area contributed by atoms with Gasteiger partial charge in [0.2, 0.25) is 0 Å². The number of carboxylic acids is 1. The summed E-state index contributed by atoms with van der Waals surface area (Å²) in [5.74, 6) is -0.500. The summed E-state index contributed by atoms with van der Waals surface area (Å²) in [7, 11) is 0. The molecule has 2 aromatic carbocycles. The van der Waals surface area contributed by atoms with Crippen molar-refractivity contribution in [2.45, 2.75) is 40.2 Å². The third-order valence-corrected chi connectivity index (χ3v) is 6.05. The first-order valence-corrected chi connectivity index (χ1v) is 10.2. The number of anilines is 2. The van der Waals surface area contributed by atoms with E-state index in [1.165, 1.54) is 0 Å². The maximum Gasteiger partial charge on any atom is 0.336 e. The van der Waals surface area contributed by atoms with Crippen molar-refractivity contribution >= 4 is 17.3 Å². The van der Waals surface area contributed by atoms with Crippen LogP contribution in [0.5, 0.6) is 0 Å². The Labute approximate surface area is 173 Å². The lowest BCUT2D eigenvalue weighted by molar-refractivity contribution is 0.0696. The van der Waals surface area contributed by atoms with Gasteiger partial charge in [0, 0.05) is 31.4 Å². The molecule has 5 nitrogen and oxygen atoms in total. The van der Waals surface area contributed by atoms with Crippen LogP contribution in [-0.2, 0) is 0 Å². The van der Waals surface area contributed by atoms with Crippen molar-refractivity contribution in [3.63, 3.8) is 0 Å². The molecule has 0 radical (unpaired) electrons. The maximum atomic E-state index is 11.6. The molecule has 2 atom stereocenters. The van der Waals surface area contributed by atoms with Crippen LogP contribution in [0.15, 0.2) is 36.4 Å². The van der Waals surface area contributed by atoms with Gasteiger partial charge in [0.1, 0.15) is 6.07 Å². The molecule has 0 bridgehead atoms. The number of nitrogens with zero attached hydrogens (tertiary/aromatic N) is 3. The summed E-state index contributed by atoms with van der Waals surface area (Å²) in [6, 6.07) is 14.2. The lowest BCUT2D eigenvalue weighted by Crippen LogP contribution is -2.51. The van der Waals surface area contributed by atoms with E-state index in [9.17, 15) is 15.2 Å². The van der Waals surface area contributed by atoms with Crippen molar-refractivity contribution < 1.29 is 9.90 Å². The minimum atomic E-state index is -0.879. The number of para-hydroxylation sites is 1. The number of rotatable bonds is 5. The summed E-state index contributed by atoms with van der Waals surface area (Å²) in [5, 5.41) is 19.0. The second-order valence-corrected chi connectivity index (χ2v) is 7.95. The molecule has 1 N–H and O–H groups in total. The molecule has 1 aliphatic heterocycles. The fourth-order valence-electron chi connectivity index (χ4n) is 4.62. The van der Waals surface area contributed by atoms with Crippen LogP contribution in [0.1, 0.15) is 47.3 Å². The molecule has 152 valence electrons. The zero-order chi connectivity index (χ0) is 21.1. The van der Waals surface area contributed by atoms with Crippen molar-refractivity contribution in [2.24, 2.45) is 5.92 Å². The molecule has 5 heteroatoms. The second-order valence-electron chi connectivity index (χ2n) is 7.95. The Kier molecular flexibility index (Phi) is 6.12. The Morgan fingerprint density at radius 1 is 1.28 bits per heavy atom. The first kappa shape index (κ1) is 20.7. The average Bonchev–Trinajstić information content (AvgIpc) is 2.70. The summed E-state index contributed by atoms with van der Waals surface area (Å²) < 4.78 is 0. The van der Waals surface area contributed by atoms with E-state index < -0.39 is 5.97 Å². The van der Waals surface area contributed by atoms with Crippen LogP contribution in [0.3, 0.4) is 0 Å². The molecule has 3 rings (SSSR count). The fourth-order valence-corrected chi connectivity index (χ4v) is 4.62. The largest absolute Gasteiger partial charge is 0.478 e. The van der Waals surface area contributed by atoms with Crippen LogP contribution in [0.25, 0.3) is 0 Å². The standard InChI is InChI=1S/C24H29N3O2/c1-5-27(23-13-20(24(28)29)16(2)12-17(23)3)21-10-11-26(15-18(21)4)22-9-7-6-8-19(22)14-25/h6-9,12-13,18,21H,5,10-11,15H2,1-4H3,(H,28,29). The SMILES string of the molecule is CCN(c1cc(C(=O)O)c(C)cc1C)C1CCN(c2ccccc2C#N)CC1C. The summed E-state index contributed by atoms with van der Waals surface area (Å²) >= 11 is 0. The van der Waals surface area contributed by atoms with E-state index in [0.717, 1.165) is 48.6 Å². The van der Waals surface area contributed by atoms with Crippen molar-refractivity contribution in [3.8, 4) is 6.07 Å². The third kappa shape index (κ3) is 4.07. The molecule has 0 spiro atoms. The summed E-state index contributed by atoms with van der Waals surface area (Å²) in [6.45, 7) is 10.9. The molecule has 1 aliphatic rings. The van der Waals surface area contributed by atoms with Gasteiger partial charge in [0.15, 0.2) is 0 Å². The van der Waals surface area contributed by atoms with Gasteiger partial charge in [-0.25, -0.2) is 4.79 Å². The summed E-state index contributed by atoms with van der Waals surface area (Å²) in [4.78, 5) is 16.3. The van der Waals surface area contributed by atoms with Crippen LogP contribution >= 0.6 is 0 Å². The highest BCUT2D eigenvalue weighted by atomic mass is 16.4. The number of hydrogen-bond donors (Lipinski definition) is 1. The van der Waals surface area contributed by atoms with Crippen molar-refractivity contribution in [3.05, 3.63) is 58.7 Å². The number of aryl methyl sites for hydroxylation is 2. The van der Waals surface area contributed by atoms with Crippen LogP contribution in [0.2, 0.25) is 0 Å². The molecule has 1 heterocycles. The quantitative estimate of drug-likeness (QED) is 0.806. The molecule has 1 fully saturated rings. The number of nitriles is 1. The fraction of sp³-hybridized carbons (Fsp3) is 0.417. The Morgan fingerprint density at radius 2 is 2.00 bits per heavy atom. The Hall–Kier alpha value is -3.00.